The van der Waals surface area contributed by atoms with E-state index in [0.29, 0.717) is 17.8 Å². The molecule has 0 saturated carbocycles. The highest BCUT2D eigenvalue weighted by Crippen LogP contribution is 2.17. The van der Waals surface area contributed by atoms with E-state index in [9.17, 15) is 9.59 Å². The van der Waals surface area contributed by atoms with Gasteiger partial charge in [0.2, 0.25) is 5.91 Å². The molecular formula is C15H22N4O2. The summed E-state index contributed by atoms with van der Waals surface area (Å²) in [4.78, 5) is 25.9. The molecule has 1 heterocycles. The first kappa shape index (κ1) is 15.5. The van der Waals surface area contributed by atoms with Crippen molar-refractivity contribution in [2.24, 2.45) is 0 Å². The van der Waals surface area contributed by atoms with Gasteiger partial charge in [0.25, 0.3) is 5.91 Å². The molecule has 0 atom stereocenters. The molecule has 6 heteroatoms. The Labute approximate surface area is 124 Å². The topological polar surface area (TPSA) is 73.5 Å². The van der Waals surface area contributed by atoms with E-state index in [-0.39, 0.29) is 11.8 Å². The Morgan fingerprint density at radius 2 is 2.00 bits per heavy atom. The first-order chi connectivity index (χ1) is 10.1. The number of hydrogen-bond acceptors (Lipinski definition) is 4. The zero-order valence-corrected chi connectivity index (χ0v) is 12.5. The van der Waals surface area contributed by atoms with Crippen molar-refractivity contribution in [3.63, 3.8) is 0 Å². The molecule has 2 amide bonds. The van der Waals surface area contributed by atoms with Crippen LogP contribution < -0.4 is 16.0 Å². The number of nitrogens with one attached hydrogen (secondary N) is 3. The maximum Gasteiger partial charge on any atom is 0.251 e. The van der Waals surface area contributed by atoms with E-state index in [4.69, 9.17) is 0 Å². The lowest BCUT2D eigenvalue weighted by molar-refractivity contribution is -0.117. The number of nitrogens with zero attached hydrogens (tertiary/aromatic N) is 1. The largest absolute Gasteiger partial charge is 0.355 e. The molecule has 0 spiro atoms. The van der Waals surface area contributed by atoms with Crippen LogP contribution in [-0.4, -0.2) is 56.5 Å². The van der Waals surface area contributed by atoms with Gasteiger partial charge in [-0.3, -0.25) is 14.5 Å². The molecule has 1 fully saturated rings. The number of anilines is 1. The smallest absolute Gasteiger partial charge is 0.251 e. The second-order valence-electron chi connectivity index (χ2n) is 5.18. The van der Waals surface area contributed by atoms with Crippen molar-refractivity contribution in [2.45, 2.75) is 6.92 Å². The molecule has 0 radical (unpaired) electrons. The third-order valence-electron chi connectivity index (χ3n) is 3.58. The minimum Gasteiger partial charge on any atom is -0.355 e. The second kappa shape index (κ2) is 7.19. The Hall–Kier alpha value is -1.92. The van der Waals surface area contributed by atoms with Crippen molar-refractivity contribution in [1.29, 1.82) is 0 Å². The summed E-state index contributed by atoms with van der Waals surface area (Å²) < 4.78 is 0. The second-order valence-corrected chi connectivity index (χ2v) is 5.18. The lowest BCUT2D eigenvalue weighted by Crippen LogP contribution is -2.46. The number of rotatable bonds is 4. The molecule has 1 aromatic rings. The van der Waals surface area contributed by atoms with Gasteiger partial charge >= 0.3 is 0 Å². The highest BCUT2D eigenvalue weighted by atomic mass is 16.2. The molecule has 2 rings (SSSR count). The summed E-state index contributed by atoms with van der Waals surface area (Å²) in [5.41, 5.74) is 2.17. The van der Waals surface area contributed by atoms with Crippen LogP contribution in [0.2, 0.25) is 0 Å². The fourth-order valence-electron chi connectivity index (χ4n) is 2.30. The van der Waals surface area contributed by atoms with Crippen LogP contribution >= 0.6 is 0 Å². The van der Waals surface area contributed by atoms with Crippen molar-refractivity contribution < 1.29 is 9.59 Å². The summed E-state index contributed by atoms with van der Waals surface area (Å²) in [7, 11) is 1.59. The minimum absolute atomic E-state index is 0.0472. The van der Waals surface area contributed by atoms with Gasteiger partial charge in [0.1, 0.15) is 0 Å². The number of hydrogen-bond donors (Lipinski definition) is 3. The molecule has 1 aromatic carbocycles. The van der Waals surface area contributed by atoms with E-state index in [1.54, 1.807) is 19.2 Å². The van der Waals surface area contributed by atoms with Crippen LogP contribution in [0.3, 0.4) is 0 Å². The SMILES string of the molecule is CNC(=O)c1ccc(C)c(NC(=O)CN2CCNCC2)c1. The lowest BCUT2D eigenvalue weighted by Gasteiger charge is -2.26. The van der Waals surface area contributed by atoms with Crippen LogP contribution in [0.1, 0.15) is 15.9 Å². The average Bonchev–Trinajstić information content (AvgIpc) is 2.49. The van der Waals surface area contributed by atoms with Crippen molar-refractivity contribution >= 4 is 17.5 Å². The number of benzene rings is 1. The fraction of sp³-hybridized carbons (Fsp3) is 0.467. The van der Waals surface area contributed by atoms with Crippen LogP contribution in [0.4, 0.5) is 5.69 Å². The molecule has 0 aromatic heterocycles. The zero-order chi connectivity index (χ0) is 15.2. The average molecular weight is 290 g/mol. The Kier molecular flexibility index (Phi) is 5.30. The quantitative estimate of drug-likeness (QED) is 0.740. The Bertz CT molecular complexity index is 524. The van der Waals surface area contributed by atoms with E-state index < -0.39 is 0 Å². The first-order valence-corrected chi connectivity index (χ1v) is 7.16. The molecule has 114 valence electrons. The number of amides is 2. The molecule has 0 unspecified atom stereocenters. The van der Waals surface area contributed by atoms with E-state index >= 15 is 0 Å². The van der Waals surface area contributed by atoms with Crippen molar-refractivity contribution in [2.75, 3.05) is 45.1 Å². The zero-order valence-electron chi connectivity index (χ0n) is 12.5. The molecular weight excluding hydrogens is 268 g/mol. The molecule has 1 aliphatic rings. The van der Waals surface area contributed by atoms with Gasteiger partial charge in [-0.2, -0.15) is 0 Å². The lowest BCUT2D eigenvalue weighted by atomic mass is 10.1. The van der Waals surface area contributed by atoms with Crippen LogP contribution in [0.5, 0.6) is 0 Å². The Balaban J connectivity index is 2.00. The minimum atomic E-state index is -0.160. The molecule has 21 heavy (non-hydrogen) atoms. The highest BCUT2D eigenvalue weighted by molar-refractivity contribution is 5.98. The van der Waals surface area contributed by atoms with E-state index in [1.807, 2.05) is 13.0 Å². The van der Waals surface area contributed by atoms with E-state index in [0.717, 1.165) is 31.7 Å². The summed E-state index contributed by atoms with van der Waals surface area (Å²) >= 11 is 0. The Morgan fingerprint density at radius 3 is 2.67 bits per heavy atom. The van der Waals surface area contributed by atoms with Gasteiger partial charge in [0.05, 0.1) is 6.54 Å². The van der Waals surface area contributed by atoms with Gasteiger partial charge in [-0.15, -0.1) is 0 Å². The van der Waals surface area contributed by atoms with Crippen LogP contribution in [-0.2, 0) is 4.79 Å². The Morgan fingerprint density at radius 1 is 1.29 bits per heavy atom. The van der Waals surface area contributed by atoms with Gasteiger partial charge in [0, 0.05) is 44.5 Å². The number of piperazine rings is 1. The number of aryl methyl sites for hydroxylation is 1. The summed E-state index contributed by atoms with van der Waals surface area (Å²) in [6, 6.07) is 5.30. The third-order valence-corrected chi connectivity index (χ3v) is 3.58. The summed E-state index contributed by atoms with van der Waals surface area (Å²) in [5, 5.41) is 8.73. The predicted octanol–water partition coefficient (Wildman–Crippen LogP) is 0.198. The van der Waals surface area contributed by atoms with Gasteiger partial charge in [-0.25, -0.2) is 0 Å². The third kappa shape index (κ3) is 4.27. The maximum atomic E-state index is 12.1. The van der Waals surface area contributed by atoms with Crippen molar-refractivity contribution in [3.05, 3.63) is 29.3 Å². The molecule has 0 bridgehead atoms. The van der Waals surface area contributed by atoms with Crippen LogP contribution in [0.15, 0.2) is 18.2 Å². The van der Waals surface area contributed by atoms with Gasteiger partial charge < -0.3 is 16.0 Å². The maximum absolute atomic E-state index is 12.1. The summed E-state index contributed by atoms with van der Waals surface area (Å²) in [6.07, 6.45) is 0. The number of carbonyl (C=O) groups excluding carboxylic acids is 2. The molecule has 6 nitrogen and oxygen atoms in total. The van der Waals surface area contributed by atoms with Crippen LogP contribution in [0, 0.1) is 6.92 Å². The molecule has 1 aliphatic heterocycles. The van der Waals surface area contributed by atoms with Crippen molar-refractivity contribution in [1.82, 2.24) is 15.5 Å². The summed E-state index contributed by atoms with van der Waals surface area (Å²) in [6.45, 7) is 5.88. The van der Waals surface area contributed by atoms with Gasteiger partial charge in [-0.1, -0.05) is 6.07 Å². The van der Waals surface area contributed by atoms with Crippen LogP contribution in [0.25, 0.3) is 0 Å². The van der Waals surface area contributed by atoms with Gasteiger partial charge in [-0.05, 0) is 24.6 Å². The normalized spacial score (nSPS) is 15.5. The first-order valence-electron chi connectivity index (χ1n) is 7.16. The van der Waals surface area contributed by atoms with Crippen molar-refractivity contribution in [3.8, 4) is 0 Å². The standard InChI is InChI=1S/C15H22N4O2/c1-11-3-4-12(15(21)16-2)9-13(11)18-14(20)10-19-7-5-17-6-8-19/h3-4,9,17H,5-8,10H2,1-2H3,(H,16,21)(H,18,20). The van der Waals surface area contributed by atoms with Gasteiger partial charge in [0.15, 0.2) is 0 Å². The molecule has 3 N–H and O–H groups in total. The molecule has 1 saturated heterocycles. The fourth-order valence-corrected chi connectivity index (χ4v) is 2.30. The van der Waals surface area contributed by atoms with E-state index in [2.05, 4.69) is 20.9 Å². The monoisotopic (exact) mass is 290 g/mol. The number of carbonyl (C=O) groups is 2. The predicted molar refractivity (Wildman–Crippen MR) is 82.5 cm³/mol. The van der Waals surface area contributed by atoms with E-state index in [1.165, 1.54) is 0 Å². The summed E-state index contributed by atoms with van der Waals surface area (Å²) in [5.74, 6) is -0.207. The highest BCUT2D eigenvalue weighted by Gasteiger charge is 2.14. The molecule has 0 aliphatic carbocycles.